The number of hydrogen-bond acceptors (Lipinski definition) is 7. The molecule has 0 unspecified atom stereocenters. The lowest BCUT2D eigenvalue weighted by atomic mass is 9.94. The Labute approximate surface area is 135 Å². The Morgan fingerprint density at radius 2 is 2.00 bits per heavy atom. The van der Waals surface area contributed by atoms with E-state index in [0.717, 1.165) is 13.0 Å². The molecule has 1 saturated carbocycles. The average molecular weight is 314 g/mol. The molecule has 4 rings (SSSR count). The van der Waals surface area contributed by atoms with Crippen LogP contribution in [0.1, 0.15) is 56.9 Å². The molecule has 0 aromatic carbocycles. The maximum absolute atomic E-state index is 5.88. The Morgan fingerprint density at radius 1 is 1.13 bits per heavy atom. The zero-order valence-corrected chi connectivity index (χ0v) is 13.2. The minimum atomic E-state index is 0.241. The summed E-state index contributed by atoms with van der Waals surface area (Å²) in [6.07, 6.45) is 11.9. The zero-order chi connectivity index (χ0) is 15.6. The molecule has 2 aliphatic rings. The number of aromatic nitrogens is 4. The summed E-state index contributed by atoms with van der Waals surface area (Å²) in [5.41, 5.74) is 6.51. The maximum Gasteiger partial charge on any atom is 0.244 e. The van der Waals surface area contributed by atoms with Crippen LogP contribution in [0.3, 0.4) is 0 Å². The minimum Gasteiger partial charge on any atom is -0.383 e. The second-order valence-corrected chi connectivity index (χ2v) is 6.47. The van der Waals surface area contributed by atoms with Crippen molar-refractivity contribution in [1.29, 1.82) is 0 Å². The lowest BCUT2D eigenvalue weighted by Gasteiger charge is -2.34. The third-order valence-electron chi connectivity index (χ3n) is 5.05. The third-order valence-corrected chi connectivity index (χ3v) is 5.05. The fraction of sp³-hybridized carbons (Fsp3) is 0.625. The van der Waals surface area contributed by atoms with Crippen molar-refractivity contribution in [3.8, 4) is 11.4 Å². The maximum atomic E-state index is 5.88. The van der Waals surface area contributed by atoms with Gasteiger partial charge in [-0.25, -0.2) is 9.97 Å². The van der Waals surface area contributed by atoms with E-state index in [2.05, 4.69) is 25.0 Å². The van der Waals surface area contributed by atoms with E-state index in [9.17, 15) is 0 Å². The van der Waals surface area contributed by atoms with Crippen LogP contribution in [0.2, 0.25) is 0 Å². The van der Waals surface area contributed by atoms with Crippen molar-refractivity contribution in [2.24, 2.45) is 0 Å². The number of hydrogen-bond donors (Lipinski definition) is 1. The van der Waals surface area contributed by atoms with Gasteiger partial charge in [-0.3, -0.25) is 4.90 Å². The van der Waals surface area contributed by atoms with Gasteiger partial charge in [-0.2, -0.15) is 4.98 Å². The number of nitrogens with zero attached hydrogens (tertiary/aromatic N) is 5. The van der Waals surface area contributed by atoms with Gasteiger partial charge in [0.1, 0.15) is 12.1 Å². The van der Waals surface area contributed by atoms with Crippen LogP contribution in [0.4, 0.5) is 5.82 Å². The summed E-state index contributed by atoms with van der Waals surface area (Å²) < 4.78 is 5.57. The summed E-state index contributed by atoms with van der Waals surface area (Å²) in [5.74, 6) is 1.56. The summed E-state index contributed by atoms with van der Waals surface area (Å²) in [5, 5.41) is 4.10. The Morgan fingerprint density at radius 3 is 2.83 bits per heavy atom. The standard InChI is InChI=1S/C16H22N6O/c17-14-12(9-18-10-19-14)15-20-16(23-21-15)13-7-4-8-22(13)11-5-2-1-3-6-11/h9-11,13H,1-8H2,(H2,17,18,19)/t13-/m0/s1. The normalized spacial score (nSPS) is 23.4. The Kier molecular flexibility index (Phi) is 3.95. The van der Waals surface area contributed by atoms with Gasteiger partial charge in [-0.15, -0.1) is 0 Å². The van der Waals surface area contributed by atoms with E-state index in [-0.39, 0.29) is 6.04 Å². The molecule has 2 aromatic rings. The van der Waals surface area contributed by atoms with Gasteiger partial charge in [0.25, 0.3) is 0 Å². The highest BCUT2D eigenvalue weighted by Crippen LogP contribution is 2.37. The third kappa shape index (κ3) is 2.81. The number of nitrogens with two attached hydrogens (primary N) is 1. The lowest BCUT2D eigenvalue weighted by molar-refractivity contribution is 0.121. The molecule has 0 amide bonds. The van der Waals surface area contributed by atoms with E-state index in [1.165, 1.54) is 44.9 Å². The first kappa shape index (κ1) is 14.6. The van der Waals surface area contributed by atoms with Crippen molar-refractivity contribution in [2.75, 3.05) is 12.3 Å². The molecule has 23 heavy (non-hydrogen) atoms. The van der Waals surface area contributed by atoms with Crippen LogP contribution in [0, 0.1) is 0 Å². The molecule has 3 heterocycles. The van der Waals surface area contributed by atoms with Crippen LogP contribution in [0.15, 0.2) is 17.0 Å². The van der Waals surface area contributed by atoms with E-state index < -0.39 is 0 Å². The molecule has 0 bridgehead atoms. The van der Waals surface area contributed by atoms with Crippen LogP contribution < -0.4 is 5.73 Å². The van der Waals surface area contributed by atoms with Crippen LogP contribution in [-0.4, -0.2) is 37.6 Å². The quantitative estimate of drug-likeness (QED) is 0.930. The van der Waals surface area contributed by atoms with Gasteiger partial charge >= 0.3 is 0 Å². The molecule has 7 nitrogen and oxygen atoms in total. The molecule has 122 valence electrons. The molecule has 2 aromatic heterocycles. The highest BCUT2D eigenvalue weighted by Gasteiger charge is 2.35. The van der Waals surface area contributed by atoms with Gasteiger partial charge in [-0.1, -0.05) is 24.4 Å². The monoisotopic (exact) mass is 314 g/mol. The lowest BCUT2D eigenvalue weighted by Crippen LogP contribution is -2.36. The fourth-order valence-corrected chi connectivity index (χ4v) is 3.90. The van der Waals surface area contributed by atoms with Gasteiger partial charge in [0, 0.05) is 12.2 Å². The second kappa shape index (κ2) is 6.23. The number of nitrogen functional groups attached to an aromatic ring is 1. The first-order valence-electron chi connectivity index (χ1n) is 8.48. The van der Waals surface area contributed by atoms with Crippen molar-refractivity contribution < 1.29 is 4.52 Å². The molecule has 1 aliphatic heterocycles. The first-order chi connectivity index (χ1) is 11.3. The van der Waals surface area contributed by atoms with Crippen molar-refractivity contribution in [1.82, 2.24) is 25.0 Å². The molecular weight excluding hydrogens is 292 g/mol. The average Bonchev–Trinajstić information content (AvgIpc) is 3.25. The van der Waals surface area contributed by atoms with Crippen molar-refractivity contribution in [3.63, 3.8) is 0 Å². The fourth-order valence-electron chi connectivity index (χ4n) is 3.90. The van der Waals surface area contributed by atoms with Crippen LogP contribution in [-0.2, 0) is 0 Å². The van der Waals surface area contributed by atoms with Gasteiger partial charge < -0.3 is 10.3 Å². The van der Waals surface area contributed by atoms with E-state index >= 15 is 0 Å². The number of anilines is 1. The Balaban J connectivity index is 1.57. The molecule has 2 fully saturated rings. The molecule has 1 saturated heterocycles. The van der Waals surface area contributed by atoms with Gasteiger partial charge in [0.15, 0.2) is 0 Å². The molecule has 0 spiro atoms. The van der Waals surface area contributed by atoms with E-state index in [4.69, 9.17) is 10.3 Å². The zero-order valence-electron chi connectivity index (χ0n) is 13.2. The number of likely N-dealkylation sites (tertiary alicyclic amines) is 1. The van der Waals surface area contributed by atoms with E-state index in [1.54, 1.807) is 6.20 Å². The predicted octanol–water partition coefficient (Wildman–Crippen LogP) is 2.58. The van der Waals surface area contributed by atoms with Crippen LogP contribution >= 0.6 is 0 Å². The largest absolute Gasteiger partial charge is 0.383 e. The molecular formula is C16H22N6O. The van der Waals surface area contributed by atoms with E-state index in [0.29, 0.717) is 29.1 Å². The summed E-state index contributed by atoms with van der Waals surface area (Å²) in [6, 6.07) is 0.905. The Bertz CT molecular complexity index is 666. The van der Waals surface area contributed by atoms with Gasteiger partial charge in [0.05, 0.1) is 11.6 Å². The summed E-state index contributed by atoms with van der Waals surface area (Å²) in [4.78, 5) is 15.1. The second-order valence-electron chi connectivity index (χ2n) is 6.47. The van der Waals surface area contributed by atoms with Crippen molar-refractivity contribution in [3.05, 3.63) is 18.4 Å². The summed E-state index contributed by atoms with van der Waals surface area (Å²) in [7, 11) is 0. The predicted molar refractivity (Wildman–Crippen MR) is 85.3 cm³/mol. The van der Waals surface area contributed by atoms with Gasteiger partial charge in [0.2, 0.25) is 11.7 Å². The highest BCUT2D eigenvalue weighted by atomic mass is 16.5. The molecule has 0 radical (unpaired) electrons. The van der Waals surface area contributed by atoms with Crippen LogP contribution in [0.5, 0.6) is 0 Å². The van der Waals surface area contributed by atoms with Crippen molar-refractivity contribution >= 4 is 5.82 Å². The molecule has 2 N–H and O–H groups in total. The SMILES string of the molecule is Nc1ncncc1-c1noc([C@@H]2CCCN2C2CCCCC2)n1. The number of rotatable bonds is 3. The minimum absolute atomic E-state index is 0.241. The van der Waals surface area contributed by atoms with E-state index in [1.807, 2.05) is 0 Å². The topological polar surface area (TPSA) is 94.0 Å². The highest BCUT2D eigenvalue weighted by molar-refractivity contribution is 5.66. The summed E-state index contributed by atoms with van der Waals surface area (Å²) in [6.45, 7) is 1.13. The smallest absolute Gasteiger partial charge is 0.244 e. The Hall–Kier alpha value is -2.02. The van der Waals surface area contributed by atoms with Gasteiger partial charge in [-0.05, 0) is 32.2 Å². The van der Waals surface area contributed by atoms with Crippen LogP contribution in [0.25, 0.3) is 11.4 Å². The first-order valence-corrected chi connectivity index (χ1v) is 8.48. The molecule has 7 heteroatoms. The van der Waals surface area contributed by atoms with Crippen molar-refractivity contribution in [2.45, 2.75) is 57.0 Å². The summed E-state index contributed by atoms with van der Waals surface area (Å²) >= 11 is 0. The molecule has 1 atom stereocenters. The molecule has 1 aliphatic carbocycles.